The van der Waals surface area contributed by atoms with Crippen molar-refractivity contribution in [3.63, 3.8) is 0 Å². The van der Waals surface area contributed by atoms with Crippen LogP contribution >= 0.6 is 0 Å². The van der Waals surface area contributed by atoms with Crippen molar-refractivity contribution in [2.24, 2.45) is 34.5 Å². The minimum absolute atomic E-state index is 0.0529. The molecule has 7 unspecified atom stereocenters. The lowest BCUT2D eigenvalue weighted by Crippen LogP contribution is -2.55. The molecule has 25 heavy (non-hydrogen) atoms. The number of hydrogen-bond acceptors (Lipinski definition) is 2. The molecule has 4 aliphatic carbocycles. The van der Waals surface area contributed by atoms with Crippen LogP contribution in [-0.4, -0.2) is 18.0 Å². The van der Waals surface area contributed by atoms with Gasteiger partial charge in [-0.3, -0.25) is 4.79 Å². The topological polar surface area (TPSA) is 26.3 Å². The summed E-state index contributed by atoms with van der Waals surface area (Å²) in [5.74, 6) is -0.625. The largest absolute Gasteiger partial charge is 0.462 e. The quantitative estimate of drug-likeness (QED) is 0.573. The Balaban J connectivity index is 1.57. The van der Waals surface area contributed by atoms with Crippen LogP contribution in [0, 0.1) is 34.5 Å². The van der Waals surface area contributed by atoms with Crippen LogP contribution in [0.4, 0.5) is 8.78 Å². The van der Waals surface area contributed by atoms with Gasteiger partial charge in [0.1, 0.15) is 6.10 Å². The third kappa shape index (κ3) is 2.65. The molecule has 0 N–H and O–H groups in total. The molecule has 2 nitrogen and oxygen atoms in total. The maximum absolute atomic E-state index is 14.0. The lowest BCUT2D eigenvalue weighted by atomic mass is 9.45. The lowest BCUT2D eigenvalue weighted by Gasteiger charge is -2.60. The zero-order valence-corrected chi connectivity index (χ0v) is 15.8. The van der Waals surface area contributed by atoms with Gasteiger partial charge in [0.2, 0.25) is 5.92 Å². The Morgan fingerprint density at radius 2 is 1.64 bits per heavy atom. The number of carbonyl (C=O) groups is 1. The molecule has 0 aromatic carbocycles. The van der Waals surface area contributed by atoms with Gasteiger partial charge in [0.05, 0.1) is 0 Å². The molecule has 4 rings (SSSR count). The van der Waals surface area contributed by atoms with Gasteiger partial charge in [-0.2, -0.15) is 0 Å². The van der Waals surface area contributed by atoms with E-state index < -0.39 is 5.92 Å². The highest BCUT2D eigenvalue weighted by molar-refractivity contribution is 5.66. The number of hydrogen-bond donors (Lipinski definition) is 0. The minimum atomic E-state index is -2.45. The molecule has 0 bridgehead atoms. The second-order valence-electron chi connectivity index (χ2n) is 9.94. The number of esters is 1. The third-order valence-electron chi connectivity index (χ3n) is 8.86. The second kappa shape index (κ2) is 5.66. The molecular weight excluding hydrogens is 322 g/mol. The van der Waals surface area contributed by atoms with E-state index in [-0.39, 0.29) is 41.7 Å². The van der Waals surface area contributed by atoms with Crippen molar-refractivity contribution >= 4 is 5.97 Å². The van der Waals surface area contributed by atoms with Crippen molar-refractivity contribution < 1.29 is 18.3 Å². The lowest BCUT2D eigenvalue weighted by molar-refractivity contribution is -0.174. The van der Waals surface area contributed by atoms with E-state index in [1.165, 1.54) is 6.92 Å². The average Bonchev–Trinajstić information content (AvgIpc) is 2.84. The predicted molar refractivity (Wildman–Crippen MR) is 92.2 cm³/mol. The molecule has 142 valence electrons. The molecular formula is C21H32F2O2. The standard InChI is InChI=1S/C21H32F2O2/c1-13(24)25-18-7-6-16-15-5-4-14-12-21(22,23)11-10-19(14,2)17(15)8-9-20(16,18)3/h14-18H,4-12H2,1-3H3. The fourth-order valence-electron chi connectivity index (χ4n) is 7.52. The van der Waals surface area contributed by atoms with Gasteiger partial charge in [0, 0.05) is 25.2 Å². The summed E-state index contributed by atoms with van der Waals surface area (Å²) >= 11 is 0. The van der Waals surface area contributed by atoms with Gasteiger partial charge in [-0.05, 0) is 74.0 Å². The van der Waals surface area contributed by atoms with Crippen molar-refractivity contribution in [1.29, 1.82) is 0 Å². The van der Waals surface area contributed by atoms with E-state index in [9.17, 15) is 13.6 Å². The van der Waals surface area contributed by atoms with Gasteiger partial charge in [-0.25, -0.2) is 8.78 Å². The van der Waals surface area contributed by atoms with Crippen molar-refractivity contribution in [2.45, 2.75) is 90.6 Å². The van der Waals surface area contributed by atoms with Gasteiger partial charge in [0.15, 0.2) is 0 Å². The van der Waals surface area contributed by atoms with Crippen molar-refractivity contribution in [1.82, 2.24) is 0 Å². The van der Waals surface area contributed by atoms with Crippen molar-refractivity contribution in [2.75, 3.05) is 0 Å². The molecule has 0 aliphatic heterocycles. The molecule has 0 heterocycles. The zero-order valence-electron chi connectivity index (χ0n) is 15.8. The van der Waals surface area contributed by atoms with E-state index in [1.807, 2.05) is 0 Å². The maximum atomic E-state index is 14.0. The molecule has 0 radical (unpaired) electrons. The van der Waals surface area contributed by atoms with E-state index >= 15 is 0 Å². The first-order valence-corrected chi connectivity index (χ1v) is 10.2. The van der Waals surface area contributed by atoms with Gasteiger partial charge in [-0.15, -0.1) is 0 Å². The van der Waals surface area contributed by atoms with Crippen LogP contribution in [0.1, 0.15) is 78.6 Å². The van der Waals surface area contributed by atoms with Crippen LogP contribution in [0.3, 0.4) is 0 Å². The van der Waals surface area contributed by atoms with Crippen LogP contribution in [-0.2, 0) is 9.53 Å². The summed E-state index contributed by atoms with van der Waals surface area (Å²) in [7, 11) is 0. The molecule has 0 saturated heterocycles. The number of ether oxygens (including phenoxy) is 1. The number of alkyl halides is 2. The summed E-state index contributed by atoms with van der Waals surface area (Å²) in [6, 6.07) is 0. The first-order valence-electron chi connectivity index (χ1n) is 10.2. The smallest absolute Gasteiger partial charge is 0.302 e. The Labute approximate surface area is 150 Å². The van der Waals surface area contributed by atoms with Gasteiger partial charge >= 0.3 is 5.97 Å². The van der Waals surface area contributed by atoms with Crippen LogP contribution in [0.2, 0.25) is 0 Å². The summed E-state index contributed by atoms with van der Waals surface area (Å²) < 4.78 is 33.6. The summed E-state index contributed by atoms with van der Waals surface area (Å²) in [5, 5.41) is 0. The minimum Gasteiger partial charge on any atom is -0.462 e. The van der Waals surface area contributed by atoms with E-state index in [4.69, 9.17) is 4.74 Å². The monoisotopic (exact) mass is 354 g/mol. The second-order valence-corrected chi connectivity index (χ2v) is 9.94. The molecule has 0 spiro atoms. The molecule has 0 aromatic heterocycles. The number of halogens is 2. The van der Waals surface area contributed by atoms with Crippen LogP contribution < -0.4 is 0 Å². The Hall–Kier alpha value is -0.670. The number of carbonyl (C=O) groups excluding carboxylic acids is 1. The molecule has 7 atom stereocenters. The summed E-state index contributed by atoms with van der Waals surface area (Å²) in [5.41, 5.74) is 0.181. The summed E-state index contributed by atoms with van der Waals surface area (Å²) in [4.78, 5) is 11.5. The first kappa shape index (κ1) is 17.7. The van der Waals surface area contributed by atoms with Crippen LogP contribution in [0.25, 0.3) is 0 Å². The highest BCUT2D eigenvalue weighted by Gasteiger charge is 2.62. The fourth-order valence-corrected chi connectivity index (χ4v) is 7.52. The Morgan fingerprint density at radius 3 is 2.36 bits per heavy atom. The van der Waals surface area contributed by atoms with Crippen LogP contribution in [0.5, 0.6) is 0 Å². The Bertz CT molecular complexity index is 562. The van der Waals surface area contributed by atoms with Crippen molar-refractivity contribution in [3.05, 3.63) is 0 Å². The first-order chi connectivity index (χ1) is 11.7. The average molecular weight is 354 g/mol. The molecule has 4 aliphatic rings. The third-order valence-corrected chi connectivity index (χ3v) is 8.86. The molecule has 4 fully saturated rings. The van der Waals surface area contributed by atoms with Gasteiger partial charge in [0.25, 0.3) is 0 Å². The van der Waals surface area contributed by atoms with Gasteiger partial charge < -0.3 is 4.74 Å². The number of rotatable bonds is 1. The Morgan fingerprint density at radius 1 is 0.920 bits per heavy atom. The molecule has 0 amide bonds. The van der Waals surface area contributed by atoms with E-state index in [2.05, 4.69) is 13.8 Å². The number of fused-ring (bicyclic) bond motifs is 5. The van der Waals surface area contributed by atoms with Gasteiger partial charge in [-0.1, -0.05) is 13.8 Å². The predicted octanol–water partition coefficient (Wildman–Crippen LogP) is 5.60. The van der Waals surface area contributed by atoms with E-state index in [0.29, 0.717) is 24.2 Å². The zero-order chi connectivity index (χ0) is 18.0. The van der Waals surface area contributed by atoms with E-state index in [1.54, 1.807) is 0 Å². The van der Waals surface area contributed by atoms with Crippen LogP contribution in [0.15, 0.2) is 0 Å². The molecule has 0 aromatic rings. The maximum Gasteiger partial charge on any atom is 0.302 e. The normalized spacial score (nSPS) is 51.2. The highest BCUT2D eigenvalue weighted by atomic mass is 19.3. The highest BCUT2D eigenvalue weighted by Crippen LogP contribution is 2.67. The summed E-state index contributed by atoms with van der Waals surface area (Å²) in [6.07, 6.45) is 7.26. The van der Waals surface area contributed by atoms with Crippen molar-refractivity contribution in [3.8, 4) is 0 Å². The SMILES string of the molecule is CC(=O)OC1CCC2C3CCC4CC(F)(F)CCC4(C)C3CCC12C. The van der Waals surface area contributed by atoms with E-state index in [0.717, 1.165) is 38.5 Å². The fraction of sp³-hybridized carbons (Fsp3) is 0.952. The summed E-state index contributed by atoms with van der Waals surface area (Å²) in [6.45, 7) is 6.14. The molecule has 4 heteroatoms. The Kier molecular flexibility index (Phi) is 4.01. The molecule has 4 saturated carbocycles.